The van der Waals surface area contributed by atoms with Crippen molar-refractivity contribution in [3.05, 3.63) is 23.6 Å². The van der Waals surface area contributed by atoms with Gasteiger partial charge in [-0.25, -0.2) is 0 Å². The molecule has 0 aliphatic heterocycles. The number of allylic oxidation sites excluding steroid dienone is 1. The summed E-state index contributed by atoms with van der Waals surface area (Å²) >= 11 is 0. The van der Waals surface area contributed by atoms with Gasteiger partial charge in [0.15, 0.2) is 0 Å². The zero-order valence-corrected chi connectivity index (χ0v) is 5.62. The zero-order valence-electron chi connectivity index (χ0n) is 5.62. The summed E-state index contributed by atoms with van der Waals surface area (Å²) in [6.45, 7) is 7.67. The second-order valence-electron chi connectivity index (χ2n) is 1.61. The molecule has 0 atom stereocenters. The highest BCUT2D eigenvalue weighted by Gasteiger charge is 1.82. The van der Waals surface area contributed by atoms with E-state index in [0.29, 0.717) is 0 Å². The summed E-state index contributed by atoms with van der Waals surface area (Å²) in [5.41, 5.74) is 6.86. The zero-order chi connectivity index (χ0) is 6.41. The molecule has 8 heavy (non-hydrogen) atoms. The molecule has 0 rings (SSSR count). The van der Waals surface area contributed by atoms with Crippen molar-refractivity contribution in [2.24, 2.45) is 0 Å². The van der Waals surface area contributed by atoms with E-state index in [0.717, 1.165) is 12.8 Å². The summed E-state index contributed by atoms with van der Waals surface area (Å²) in [6.07, 6.45) is 2.14. The van der Waals surface area contributed by atoms with Crippen LogP contribution >= 0.6 is 0 Å². The van der Waals surface area contributed by atoms with Crippen molar-refractivity contribution in [2.75, 3.05) is 0 Å². The molecule has 0 unspecified atom stereocenters. The maximum Gasteiger partial charge on any atom is -0.0205 e. The first-order valence-corrected chi connectivity index (χ1v) is 2.97. The molecule has 0 heteroatoms. The van der Waals surface area contributed by atoms with E-state index in [1.807, 2.05) is 0 Å². The highest BCUT2D eigenvalue weighted by Crippen LogP contribution is 2.00. The van der Waals surface area contributed by atoms with Crippen LogP contribution in [0.3, 0.4) is 0 Å². The van der Waals surface area contributed by atoms with E-state index < -0.39 is 0 Å². The third-order valence-electron chi connectivity index (χ3n) is 1.12. The van der Waals surface area contributed by atoms with Gasteiger partial charge in [0.1, 0.15) is 0 Å². The van der Waals surface area contributed by atoms with Gasteiger partial charge >= 0.3 is 0 Å². The Morgan fingerprint density at radius 1 is 1.38 bits per heavy atom. The van der Waals surface area contributed by atoms with E-state index in [4.69, 9.17) is 0 Å². The van der Waals surface area contributed by atoms with Gasteiger partial charge in [-0.3, -0.25) is 0 Å². The van der Waals surface area contributed by atoms with Crippen LogP contribution < -0.4 is 0 Å². The Labute approximate surface area is 51.2 Å². The van der Waals surface area contributed by atoms with Crippen molar-refractivity contribution in [3.8, 4) is 0 Å². The van der Waals surface area contributed by atoms with Gasteiger partial charge in [-0.15, -0.1) is 0 Å². The molecular formula is C8H12. The van der Waals surface area contributed by atoms with Crippen LogP contribution in [0.5, 0.6) is 0 Å². The molecule has 0 saturated heterocycles. The second kappa shape index (κ2) is 4.46. The topological polar surface area (TPSA) is 0 Å². The average molecular weight is 108 g/mol. The van der Waals surface area contributed by atoms with E-state index >= 15 is 0 Å². The third kappa shape index (κ3) is 2.47. The van der Waals surface area contributed by atoms with Gasteiger partial charge in [0.05, 0.1) is 0 Å². The number of hydrogen-bond acceptors (Lipinski definition) is 0. The van der Waals surface area contributed by atoms with E-state index in [2.05, 4.69) is 31.9 Å². The van der Waals surface area contributed by atoms with Gasteiger partial charge < -0.3 is 0 Å². The predicted molar refractivity (Wildman–Crippen MR) is 36.7 cm³/mol. The summed E-state index contributed by atoms with van der Waals surface area (Å²) in [5.74, 6) is 0. The minimum absolute atomic E-state index is 1.07. The Kier molecular flexibility index (Phi) is 4.07. The molecule has 0 N–H and O–H groups in total. The van der Waals surface area contributed by atoms with Crippen LogP contribution in [0.25, 0.3) is 0 Å². The fourth-order valence-electron chi connectivity index (χ4n) is 0.552. The van der Waals surface area contributed by atoms with E-state index in [9.17, 15) is 0 Å². The van der Waals surface area contributed by atoms with Gasteiger partial charge in [0.25, 0.3) is 0 Å². The van der Waals surface area contributed by atoms with Crippen molar-refractivity contribution in [1.29, 1.82) is 0 Å². The van der Waals surface area contributed by atoms with Crippen LogP contribution in [0.4, 0.5) is 0 Å². The van der Waals surface area contributed by atoms with Crippen LogP contribution in [0, 0.1) is 0 Å². The molecule has 0 aliphatic carbocycles. The lowest BCUT2D eigenvalue weighted by molar-refractivity contribution is 0.983. The van der Waals surface area contributed by atoms with Crippen molar-refractivity contribution in [2.45, 2.75) is 26.7 Å². The Morgan fingerprint density at radius 3 is 2.00 bits per heavy atom. The van der Waals surface area contributed by atoms with Crippen LogP contribution in [0.1, 0.15) is 26.7 Å². The molecule has 0 nitrogen and oxygen atoms in total. The molecule has 0 radical (unpaired) electrons. The van der Waals surface area contributed by atoms with Gasteiger partial charge in [-0.2, -0.15) is 0 Å². The molecule has 0 aromatic rings. The fraction of sp³-hybridized carbons (Fsp3) is 0.500. The van der Waals surface area contributed by atoms with Crippen LogP contribution in [0.15, 0.2) is 23.6 Å². The largest absolute Gasteiger partial charge is 0.0782 e. The number of rotatable bonds is 2. The fourth-order valence-corrected chi connectivity index (χ4v) is 0.552. The van der Waals surface area contributed by atoms with E-state index in [-0.39, 0.29) is 0 Å². The van der Waals surface area contributed by atoms with E-state index in [1.54, 1.807) is 0 Å². The lowest BCUT2D eigenvalue weighted by Gasteiger charge is -1.88. The van der Waals surface area contributed by atoms with Crippen molar-refractivity contribution < 1.29 is 0 Å². The molecule has 0 heterocycles. The lowest BCUT2D eigenvalue weighted by atomic mass is 10.2. The normalized spacial score (nSPS) is 7.25. The molecule has 0 bridgehead atoms. The monoisotopic (exact) mass is 108 g/mol. The summed E-state index contributed by atoms with van der Waals surface area (Å²) in [5, 5.41) is 0. The highest BCUT2D eigenvalue weighted by atomic mass is 13.9. The molecule has 0 amide bonds. The lowest BCUT2D eigenvalue weighted by Crippen LogP contribution is -1.70. The van der Waals surface area contributed by atoms with Crippen molar-refractivity contribution >= 4 is 0 Å². The van der Waals surface area contributed by atoms with Gasteiger partial charge in [0.2, 0.25) is 0 Å². The summed E-state index contributed by atoms with van der Waals surface area (Å²) < 4.78 is 0. The first-order chi connectivity index (χ1) is 3.85. The highest BCUT2D eigenvalue weighted by molar-refractivity contribution is 4.98. The third-order valence-corrected chi connectivity index (χ3v) is 1.12. The van der Waals surface area contributed by atoms with Gasteiger partial charge in [-0.1, -0.05) is 25.3 Å². The SMILES string of the molecule is C=C=C=C(CC)CC. The maximum absolute atomic E-state index is 3.44. The minimum atomic E-state index is 1.07. The molecule has 0 aliphatic rings. The average Bonchev–Trinajstić information content (AvgIpc) is 1.83. The Morgan fingerprint density at radius 2 is 1.88 bits per heavy atom. The van der Waals surface area contributed by atoms with Crippen LogP contribution in [-0.2, 0) is 0 Å². The first-order valence-electron chi connectivity index (χ1n) is 2.97. The van der Waals surface area contributed by atoms with Crippen LogP contribution in [0.2, 0.25) is 0 Å². The van der Waals surface area contributed by atoms with Gasteiger partial charge in [0, 0.05) is 0 Å². The Balaban J connectivity index is 4.08. The van der Waals surface area contributed by atoms with Crippen LogP contribution in [-0.4, -0.2) is 0 Å². The van der Waals surface area contributed by atoms with Gasteiger partial charge in [-0.05, 0) is 25.0 Å². The predicted octanol–water partition coefficient (Wildman–Crippen LogP) is 2.67. The Bertz CT molecular complexity index is 124. The van der Waals surface area contributed by atoms with Crippen molar-refractivity contribution in [1.82, 2.24) is 0 Å². The first kappa shape index (κ1) is 7.30. The molecular weight excluding hydrogens is 96.1 g/mol. The Hall–Kier alpha value is -0.700. The molecule has 44 valence electrons. The standard InChI is InChI=1S/C8H12/c1-4-7-8(5-2)6-3/h1,5-6H2,2-3H3. The molecule has 0 aromatic carbocycles. The number of hydrogen-bond donors (Lipinski definition) is 0. The molecule has 0 fully saturated rings. The minimum Gasteiger partial charge on any atom is -0.0782 e. The van der Waals surface area contributed by atoms with Crippen molar-refractivity contribution in [3.63, 3.8) is 0 Å². The quantitative estimate of drug-likeness (QED) is 0.477. The summed E-state index contributed by atoms with van der Waals surface area (Å²) in [6, 6.07) is 0. The van der Waals surface area contributed by atoms with E-state index in [1.165, 1.54) is 5.57 Å². The summed E-state index contributed by atoms with van der Waals surface area (Å²) in [4.78, 5) is 0. The molecule has 0 saturated carbocycles. The maximum atomic E-state index is 3.44. The molecule has 0 spiro atoms. The summed E-state index contributed by atoms with van der Waals surface area (Å²) in [7, 11) is 0. The second-order valence-corrected chi connectivity index (χ2v) is 1.61. The molecule has 0 aromatic heterocycles. The smallest absolute Gasteiger partial charge is 0.0205 e.